The fourth-order valence-corrected chi connectivity index (χ4v) is 2.68. The Bertz CT molecular complexity index is 943. The van der Waals surface area contributed by atoms with Crippen molar-refractivity contribution in [1.82, 2.24) is 9.78 Å². The first-order chi connectivity index (χ1) is 12.3. The van der Waals surface area contributed by atoms with Gasteiger partial charge in [-0.15, -0.1) is 0 Å². The molecular weight excluding hydrogens is 343 g/mol. The van der Waals surface area contributed by atoms with Crippen molar-refractivity contribution in [1.29, 1.82) is 0 Å². The minimum atomic E-state index is -4.40. The number of benzene rings is 2. The van der Waals surface area contributed by atoms with Crippen LogP contribution in [0.4, 0.5) is 19.0 Å². The van der Waals surface area contributed by atoms with E-state index in [1.165, 1.54) is 12.1 Å². The van der Waals surface area contributed by atoms with E-state index in [1.54, 1.807) is 42.1 Å². The predicted molar refractivity (Wildman–Crippen MR) is 92.8 cm³/mol. The molecule has 0 aliphatic rings. The molecule has 134 valence electrons. The molecule has 0 fully saturated rings. The molecule has 0 radical (unpaired) electrons. The minimum Gasteiger partial charge on any atom is -0.307 e. The lowest BCUT2D eigenvalue weighted by Crippen LogP contribution is -2.15. The van der Waals surface area contributed by atoms with E-state index in [1.807, 2.05) is 6.92 Å². The van der Waals surface area contributed by atoms with E-state index in [9.17, 15) is 18.0 Å². The second-order valence-electron chi connectivity index (χ2n) is 5.87. The first-order valence-electron chi connectivity index (χ1n) is 7.84. The molecule has 0 saturated heterocycles. The van der Waals surface area contributed by atoms with E-state index < -0.39 is 11.7 Å². The standard InChI is InChI=1S/C19H16F3N3O/c1-12-11-17(25(2)24-12)23-18(26)16-6-4-3-5-15(16)13-7-9-14(10-8-13)19(20,21)22/h3-11H,1-2H3,(H,23,26). The highest BCUT2D eigenvalue weighted by atomic mass is 19.4. The molecule has 0 aliphatic carbocycles. The van der Waals surface area contributed by atoms with Gasteiger partial charge in [-0.3, -0.25) is 9.48 Å². The molecule has 0 bridgehead atoms. The molecule has 26 heavy (non-hydrogen) atoms. The van der Waals surface area contributed by atoms with Crippen LogP contribution in [0.1, 0.15) is 21.6 Å². The van der Waals surface area contributed by atoms with Crippen molar-refractivity contribution >= 4 is 11.7 Å². The van der Waals surface area contributed by atoms with Gasteiger partial charge in [0.25, 0.3) is 5.91 Å². The number of carbonyl (C=O) groups excluding carboxylic acids is 1. The average Bonchev–Trinajstić information content (AvgIpc) is 2.91. The molecular formula is C19H16F3N3O. The van der Waals surface area contributed by atoms with Crippen molar-refractivity contribution < 1.29 is 18.0 Å². The summed E-state index contributed by atoms with van der Waals surface area (Å²) in [6.07, 6.45) is -4.40. The van der Waals surface area contributed by atoms with Gasteiger partial charge < -0.3 is 5.32 Å². The summed E-state index contributed by atoms with van der Waals surface area (Å²) in [6, 6.07) is 13.3. The molecule has 1 amide bonds. The number of carbonyl (C=O) groups is 1. The Morgan fingerprint density at radius 3 is 2.31 bits per heavy atom. The normalized spacial score (nSPS) is 11.4. The third-order valence-corrected chi connectivity index (χ3v) is 3.94. The molecule has 0 aliphatic heterocycles. The fraction of sp³-hybridized carbons (Fsp3) is 0.158. The Morgan fingerprint density at radius 2 is 1.73 bits per heavy atom. The third-order valence-electron chi connectivity index (χ3n) is 3.94. The van der Waals surface area contributed by atoms with Crippen molar-refractivity contribution in [2.45, 2.75) is 13.1 Å². The zero-order valence-electron chi connectivity index (χ0n) is 14.1. The molecule has 7 heteroatoms. The number of alkyl halides is 3. The second-order valence-corrected chi connectivity index (χ2v) is 5.87. The van der Waals surface area contributed by atoms with Crippen LogP contribution in [0.15, 0.2) is 54.6 Å². The maximum absolute atomic E-state index is 12.7. The van der Waals surface area contributed by atoms with Gasteiger partial charge in [-0.05, 0) is 36.2 Å². The van der Waals surface area contributed by atoms with Crippen molar-refractivity contribution in [3.8, 4) is 11.1 Å². The first-order valence-corrected chi connectivity index (χ1v) is 7.84. The maximum atomic E-state index is 12.7. The van der Waals surface area contributed by atoms with E-state index >= 15 is 0 Å². The van der Waals surface area contributed by atoms with Gasteiger partial charge in [-0.2, -0.15) is 18.3 Å². The monoisotopic (exact) mass is 359 g/mol. The largest absolute Gasteiger partial charge is 0.416 e. The minimum absolute atomic E-state index is 0.358. The molecule has 1 heterocycles. The lowest BCUT2D eigenvalue weighted by atomic mass is 9.98. The SMILES string of the molecule is Cc1cc(NC(=O)c2ccccc2-c2ccc(C(F)(F)F)cc2)n(C)n1. The van der Waals surface area contributed by atoms with Gasteiger partial charge in [0.1, 0.15) is 5.82 Å². The summed E-state index contributed by atoms with van der Waals surface area (Å²) in [7, 11) is 1.71. The van der Waals surface area contributed by atoms with Crippen molar-refractivity contribution in [3.63, 3.8) is 0 Å². The summed E-state index contributed by atoms with van der Waals surface area (Å²) < 4.78 is 39.8. The molecule has 4 nitrogen and oxygen atoms in total. The van der Waals surface area contributed by atoms with Crippen LogP contribution in [0, 0.1) is 6.92 Å². The highest BCUT2D eigenvalue weighted by molar-refractivity contribution is 6.08. The molecule has 2 aromatic carbocycles. The van der Waals surface area contributed by atoms with Gasteiger partial charge in [0.05, 0.1) is 11.3 Å². The number of aromatic nitrogens is 2. The molecule has 1 aromatic heterocycles. The lowest BCUT2D eigenvalue weighted by molar-refractivity contribution is -0.137. The Kier molecular flexibility index (Phi) is 4.54. The summed E-state index contributed by atoms with van der Waals surface area (Å²) >= 11 is 0. The van der Waals surface area contributed by atoms with Crippen LogP contribution in [0.25, 0.3) is 11.1 Å². The summed E-state index contributed by atoms with van der Waals surface area (Å²) in [6.45, 7) is 1.81. The molecule has 1 N–H and O–H groups in total. The number of halogens is 3. The number of nitrogens with zero attached hydrogens (tertiary/aromatic N) is 2. The van der Waals surface area contributed by atoms with Gasteiger partial charge in [0.2, 0.25) is 0 Å². The van der Waals surface area contributed by atoms with Crippen LogP contribution in [0.5, 0.6) is 0 Å². The molecule has 0 unspecified atom stereocenters. The van der Waals surface area contributed by atoms with Gasteiger partial charge in [-0.25, -0.2) is 0 Å². The number of rotatable bonds is 3. The van der Waals surface area contributed by atoms with E-state index in [0.29, 0.717) is 22.5 Å². The van der Waals surface area contributed by atoms with Crippen molar-refractivity contribution in [2.75, 3.05) is 5.32 Å². The molecule has 0 spiro atoms. The molecule has 3 rings (SSSR count). The number of amides is 1. The predicted octanol–water partition coefficient (Wildman–Crippen LogP) is 4.67. The maximum Gasteiger partial charge on any atom is 0.416 e. The summed E-state index contributed by atoms with van der Waals surface area (Å²) in [5.74, 6) is 0.179. The number of aryl methyl sites for hydroxylation is 2. The Balaban J connectivity index is 1.93. The number of anilines is 1. The molecule has 0 atom stereocenters. The van der Waals surface area contributed by atoms with Crippen LogP contribution in [-0.2, 0) is 13.2 Å². The fourth-order valence-electron chi connectivity index (χ4n) is 2.68. The Labute approximate surface area is 148 Å². The number of hydrogen-bond acceptors (Lipinski definition) is 2. The van der Waals surface area contributed by atoms with Crippen LogP contribution >= 0.6 is 0 Å². The Morgan fingerprint density at radius 1 is 1.08 bits per heavy atom. The van der Waals surface area contributed by atoms with Gasteiger partial charge >= 0.3 is 6.18 Å². The Hall–Kier alpha value is -3.09. The van der Waals surface area contributed by atoms with E-state index in [2.05, 4.69) is 10.4 Å². The van der Waals surface area contributed by atoms with Crippen LogP contribution in [0.2, 0.25) is 0 Å². The smallest absolute Gasteiger partial charge is 0.307 e. The molecule has 0 saturated carbocycles. The first kappa shape index (κ1) is 17.7. The van der Waals surface area contributed by atoms with Crippen LogP contribution in [-0.4, -0.2) is 15.7 Å². The van der Waals surface area contributed by atoms with Gasteiger partial charge in [0.15, 0.2) is 0 Å². The van der Waals surface area contributed by atoms with E-state index in [4.69, 9.17) is 0 Å². The van der Waals surface area contributed by atoms with E-state index in [0.717, 1.165) is 17.8 Å². The van der Waals surface area contributed by atoms with Gasteiger partial charge in [0, 0.05) is 18.7 Å². The van der Waals surface area contributed by atoms with Crippen molar-refractivity contribution in [3.05, 3.63) is 71.4 Å². The third kappa shape index (κ3) is 3.61. The zero-order valence-corrected chi connectivity index (χ0v) is 14.1. The second kappa shape index (κ2) is 6.67. The highest BCUT2D eigenvalue weighted by Crippen LogP contribution is 2.32. The highest BCUT2D eigenvalue weighted by Gasteiger charge is 2.30. The van der Waals surface area contributed by atoms with Gasteiger partial charge in [-0.1, -0.05) is 30.3 Å². The van der Waals surface area contributed by atoms with E-state index in [-0.39, 0.29) is 5.91 Å². The molecule has 3 aromatic rings. The lowest BCUT2D eigenvalue weighted by Gasteiger charge is -2.12. The topological polar surface area (TPSA) is 46.9 Å². The quantitative estimate of drug-likeness (QED) is 0.739. The van der Waals surface area contributed by atoms with Crippen LogP contribution < -0.4 is 5.32 Å². The summed E-state index contributed by atoms with van der Waals surface area (Å²) in [5, 5.41) is 6.94. The zero-order chi connectivity index (χ0) is 18.9. The average molecular weight is 359 g/mol. The van der Waals surface area contributed by atoms with Crippen molar-refractivity contribution in [2.24, 2.45) is 7.05 Å². The van der Waals surface area contributed by atoms with Crippen LogP contribution in [0.3, 0.4) is 0 Å². The number of hydrogen-bond donors (Lipinski definition) is 1. The number of nitrogens with one attached hydrogen (secondary N) is 1. The summed E-state index contributed by atoms with van der Waals surface area (Å²) in [5.41, 5.74) is 1.49. The summed E-state index contributed by atoms with van der Waals surface area (Å²) in [4.78, 5) is 12.7.